The van der Waals surface area contributed by atoms with E-state index in [9.17, 15) is 9.59 Å². The summed E-state index contributed by atoms with van der Waals surface area (Å²) in [6.07, 6.45) is 2.08. The largest absolute Gasteiger partial charge is 0.482 e. The molecule has 3 aromatic rings. The number of hydrogen-bond donors (Lipinski definition) is 1. The van der Waals surface area contributed by atoms with Crippen LogP contribution in [0.5, 0.6) is 5.75 Å². The zero-order valence-corrected chi connectivity index (χ0v) is 19.2. The molecule has 0 radical (unpaired) electrons. The summed E-state index contributed by atoms with van der Waals surface area (Å²) in [7, 11) is 0. The normalized spacial score (nSPS) is 16.9. The van der Waals surface area contributed by atoms with Crippen LogP contribution in [0.15, 0.2) is 78.9 Å². The summed E-state index contributed by atoms with van der Waals surface area (Å²) in [5.41, 5.74) is 3.71. The minimum Gasteiger partial charge on any atom is -0.482 e. The zero-order valence-electron chi connectivity index (χ0n) is 19.2. The third-order valence-corrected chi connectivity index (χ3v) is 6.32. The van der Waals surface area contributed by atoms with Gasteiger partial charge in [-0.1, -0.05) is 55.5 Å². The molecule has 176 valence electrons. The van der Waals surface area contributed by atoms with Gasteiger partial charge in [-0.3, -0.25) is 0 Å². The van der Waals surface area contributed by atoms with E-state index in [1.165, 1.54) is 0 Å². The molecule has 2 unspecified atom stereocenters. The van der Waals surface area contributed by atoms with Gasteiger partial charge in [-0.2, -0.15) is 0 Å². The molecule has 6 nitrogen and oxygen atoms in total. The summed E-state index contributed by atoms with van der Waals surface area (Å²) >= 11 is 0. The molecule has 0 bridgehead atoms. The molecule has 0 spiro atoms. The molecule has 1 aliphatic carbocycles. The van der Waals surface area contributed by atoms with Gasteiger partial charge in [-0.05, 0) is 72.6 Å². The number of carbonyl (C=O) groups is 2. The van der Waals surface area contributed by atoms with Crippen LogP contribution in [0.4, 0.5) is 16.2 Å². The molecule has 4 rings (SSSR count). The Kier molecular flexibility index (Phi) is 7.48. The van der Waals surface area contributed by atoms with E-state index in [0.717, 1.165) is 35.3 Å². The maximum Gasteiger partial charge on any atom is 0.418 e. The number of aliphatic carboxylic acids is 1. The molecule has 34 heavy (non-hydrogen) atoms. The molecule has 6 heteroatoms. The van der Waals surface area contributed by atoms with Gasteiger partial charge < -0.3 is 14.6 Å². The molecule has 0 saturated heterocycles. The van der Waals surface area contributed by atoms with Crippen molar-refractivity contribution in [1.29, 1.82) is 0 Å². The number of hydrogen-bond acceptors (Lipinski definition) is 4. The third-order valence-electron chi connectivity index (χ3n) is 6.32. The first kappa shape index (κ1) is 23.4. The van der Waals surface area contributed by atoms with Crippen molar-refractivity contribution in [3.8, 4) is 5.75 Å². The van der Waals surface area contributed by atoms with Gasteiger partial charge in [-0.15, -0.1) is 0 Å². The Morgan fingerprint density at radius 2 is 1.59 bits per heavy atom. The summed E-state index contributed by atoms with van der Waals surface area (Å²) in [5, 5.41) is 8.97. The molecule has 0 heterocycles. The highest BCUT2D eigenvalue weighted by atomic mass is 16.6. The Labute approximate surface area is 199 Å². The Morgan fingerprint density at radius 1 is 0.941 bits per heavy atom. The maximum atomic E-state index is 13.1. The lowest BCUT2D eigenvalue weighted by Gasteiger charge is -2.32. The molecule has 1 aliphatic rings. The minimum absolute atomic E-state index is 0.201. The van der Waals surface area contributed by atoms with E-state index in [-0.39, 0.29) is 19.1 Å². The number of ether oxygens (including phenoxy) is 2. The van der Waals surface area contributed by atoms with E-state index in [4.69, 9.17) is 14.6 Å². The molecular formula is C28H29NO5. The van der Waals surface area contributed by atoms with Crippen molar-refractivity contribution < 1.29 is 24.2 Å². The lowest BCUT2D eigenvalue weighted by Crippen LogP contribution is -2.28. The first-order valence-corrected chi connectivity index (χ1v) is 11.6. The smallest absolute Gasteiger partial charge is 0.418 e. The van der Waals surface area contributed by atoms with Gasteiger partial charge in [0, 0.05) is 0 Å². The topological polar surface area (TPSA) is 76.1 Å². The third kappa shape index (κ3) is 5.39. The number of carboxylic acid groups (broad SMARTS) is 1. The predicted molar refractivity (Wildman–Crippen MR) is 131 cm³/mol. The van der Waals surface area contributed by atoms with Gasteiger partial charge >= 0.3 is 12.1 Å². The van der Waals surface area contributed by atoms with Gasteiger partial charge in [0.05, 0.1) is 18.0 Å². The molecule has 0 aromatic heterocycles. The maximum absolute atomic E-state index is 13.1. The van der Waals surface area contributed by atoms with Gasteiger partial charge in [-0.25, -0.2) is 14.5 Å². The number of benzene rings is 3. The molecule has 1 amide bonds. The van der Waals surface area contributed by atoms with Crippen molar-refractivity contribution in [2.75, 3.05) is 18.1 Å². The second-order valence-corrected chi connectivity index (χ2v) is 8.54. The number of amides is 1. The van der Waals surface area contributed by atoms with Crippen molar-refractivity contribution in [3.63, 3.8) is 0 Å². The van der Waals surface area contributed by atoms with Crippen LogP contribution in [0.1, 0.15) is 36.8 Å². The van der Waals surface area contributed by atoms with Gasteiger partial charge in [0.1, 0.15) is 5.75 Å². The molecular weight excluding hydrogens is 430 g/mol. The van der Waals surface area contributed by atoms with Crippen LogP contribution >= 0.6 is 0 Å². The standard InChI is InChI=1S/C28H29NO5/c1-20-15-16-25-24(13-8-14-26(25)34-19-27(30)31)23(20)17-18-33-28(32)29(21-9-4-2-5-10-21)22-11-6-3-7-12-22/h2-14,20,23H,15-19H2,1H3,(H,30,31). The van der Waals surface area contributed by atoms with Crippen LogP contribution in [0.25, 0.3) is 0 Å². The van der Waals surface area contributed by atoms with E-state index in [0.29, 0.717) is 18.1 Å². The molecule has 0 aliphatic heterocycles. The van der Waals surface area contributed by atoms with Crippen molar-refractivity contribution in [2.45, 2.75) is 32.1 Å². The number of nitrogens with zero attached hydrogens (tertiary/aromatic N) is 1. The average molecular weight is 460 g/mol. The average Bonchev–Trinajstić information content (AvgIpc) is 2.85. The molecule has 0 fully saturated rings. The van der Waals surface area contributed by atoms with Crippen LogP contribution < -0.4 is 9.64 Å². The summed E-state index contributed by atoms with van der Waals surface area (Å²) in [6, 6.07) is 24.7. The fourth-order valence-electron chi connectivity index (χ4n) is 4.64. The Hall–Kier alpha value is -3.80. The lowest BCUT2D eigenvalue weighted by atomic mass is 9.74. The summed E-state index contributed by atoms with van der Waals surface area (Å²) < 4.78 is 11.3. The number of anilines is 2. The van der Waals surface area contributed by atoms with Crippen LogP contribution in [0, 0.1) is 5.92 Å². The van der Waals surface area contributed by atoms with Crippen molar-refractivity contribution in [2.24, 2.45) is 5.92 Å². The van der Waals surface area contributed by atoms with E-state index in [1.54, 1.807) is 4.90 Å². The number of carboxylic acids is 1. The van der Waals surface area contributed by atoms with E-state index in [1.807, 2.05) is 72.8 Å². The molecule has 2 atom stereocenters. The highest BCUT2D eigenvalue weighted by Crippen LogP contribution is 2.41. The second kappa shape index (κ2) is 10.9. The highest BCUT2D eigenvalue weighted by molar-refractivity contribution is 5.95. The molecule has 0 saturated carbocycles. The van der Waals surface area contributed by atoms with Crippen LogP contribution in [0.3, 0.4) is 0 Å². The lowest BCUT2D eigenvalue weighted by molar-refractivity contribution is -0.139. The Morgan fingerprint density at radius 3 is 2.21 bits per heavy atom. The number of carbonyl (C=O) groups excluding carboxylic acids is 1. The summed E-state index contributed by atoms with van der Waals surface area (Å²) in [6.45, 7) is 2.13. The van der Waals surface area contributed by atoms with Gasteiger partial charge in [0.25, 0.3) is 0 Å². The highest BCUT2D eigenvalue weighted by Gasteiger charge is 2.29. The monoisotopic (exact) mass is 459 g/mol. The van der Waals surface area contributed by atoms with E-state index < -0.39 is 12.1 Å². The molecule has 3 aromatic carbocycles. The predicted octanol–water partition coefficient (Wildman–Crippen LogP) is 6.18. The Bertz CT molecular complexity index is 1080. The quantitative estimate of drug-likeness (QED) is 0.435. The number of rotatable bonds is 8. The van der Waals surface area contributed by atoms with Crippen LogP contribution in [-0.2, 0) is 16.0 Å². The van der Waals surface area contributed by atoms with Crippen molar-refractivity contribution in [1.82, 2.24) is 0 Å². The fraction of sp³-hybridized carbons (Fsp3) is 0.286. The Balaban J connectivity index is 1.47. The summed E-state index contributed by atoms with van der Waals surface area (Å²) in [5.74, 6) is 0.256. The summed E-state index contributed by atoms with van der Waals surface area (Å²) in [4.78, 5) is 25.7. The first-order valence-electron chi connectivity index (χ1n) is 11.6. The number of fused-ring (bicyclic) bond motifs is 1. The minimum atomic E-state index is -0.994. The fourth-order valence-corrected chi connectivity index (χ4v) is 4.64. The van der Waals surface area contributed by atoms with Crippen molar-refractivity contribution >= 4 is 23.4 Å². The van der Waals surface area contributed by atoms with Gasteiger partial charge in [0.15, 0.2) is 6.61 Å². The number of para-hydroxylation sites is 2. The van der Waals surface area contributed by atoms with Crippen molar-refractivity contribution in [3.05, 3.63) is 90.0 Å². The van der Waals surface area contributed by atoms with E-state index in [2.05, 4.69) is 13.0 Å². The second-order valence-electron chi connectivity index (χ2n) is 8.54. The van der Waals surface area contributed by atoms with Crippen LogP contribution in [-0.4, -0.2) is 30.4 Å². The SMILES string of the molecule is CC1CCc2c(OCC(=O)O)cccc2C1CCOC(=O)N(c1ccccc1)c1ccccc1. The van der Waals surface area contributed by atoms with E-state index >= 15 is 0 Å². The van der Waals surface area contributed by atoms with Crippen LogP contribution in [0.2, 0.25) is 0 Å². The van der Waals surface area contributed by atoms with Gasteiger partial charge in [0.2, 0.25) is 0 Å². The zero-order chi connectivity index (χ0) is 23.9. The molecule has 1 N–H and O–H groups in total. The first-order chi connectivity index (χ1) is 16.5.